The Labute approximate surface area is 177 Å². The molecule has 4 heteroatoms. The van der Waals surface area contributed by atoms with Gasteiger partial charge in [0, 0.05) is 15.8 Å². The highest BCUT2D eigenvalue weighted by Crippen LogP contribution is 2.64. The Hall–Kier alpha value is -2.72. The first-order valence-electron chi connectivity index (χ1n) is 9.86. The molecule has 4 aliphatic rings. The molecule has 1 saturated heterocycles. The van der Waals surface area contributed by atoms with Gasteiger partial charge in [-0.05, 0) is 50.3 Å². The van der Waals surface area contributed by atoms with Crippen molar-refractivity contribution in [1.82, 2.24) is 0 Å². The fraction of sp³-hybridized carbons (Fsp3) is 0.200. The van der Waals surface area contributed by atoms with Crippen LogP contribution in [0.15, 0.2) is 77.3 Å². The first kappa shape index (κ1) is 17.2. The SMILES string of the molecule is CC12c3ccccc3C(c3ccccc31)[C@H]1C(=O)N(c3ccccc3Br)C(=O)[C@@H]12. The minimum absolute atomic E-state index is 0.0850. The Morgan fingerprint density at radius 3 is 1.97 bits per heavy atom. The minimum atomic E-state index is -0.518. The second-order valence-electron chi connectivity index (χ2n) is 8.32. The Kier molecular flexibility index (Phi) is 3.35. The van der Waals surface area contributed by atoms with E-state index in [9.17, 15) is 9.59 Å². The molecule has 3 aliphatic carbocycles. The number of benzene rings is 3. The summed E-state index contributed by atoms with van der Waals surface area (Å²) in [6, 6.07) is 24.1. The van der Waals surface area contributed by atoms with Crippen LogP contribution in [0.25, 0.3) is 0 Å². The van der Waals surface area contributed by atoms with Crippen molar-refractivity contribution in [3.63, 3.8) is 0 Å². The molecule has 0 unspecified atom stereocenters. The van der Waals surface area contributed by atoms with Crippen LogP contribution in [0.3, 0.4) is 0 Å². The van der Waals surface area contributed by atoms with E-state index in [2.05, 4.69) is 47.1 Å². The normalized spacial score (nSPS) is 28.9. The number of amides is 2. The summed E-state index contributed by atoms with van der Waals surface area (Å²) in [6.45, 7) is 2.15. The van der Waals surface area contributed by atoms with Crippen LogP contribution in [0, 0.1) is 11.8 Å². The zero-order chi connectivity index (χ0) is 19.9. The zero-order valence-electron chi connectivity index (χ0n) is 15.8. The van der Waals surface area contributed by atoms with Crippen LogP contribution >= 0.6 is 15.9 Å². The number of para-hydroxylation sites is 1. The van der Waals surface area contributed by atoms with E-state index in [-0.39, 0.29) is 23.7 Å². The summed E-state index contributed by atoms with van der Waals surface area (Å²) in [5, 5.41) is 0. The minimum Gasteiger partial charge on any atom is -0.274 e. The second-order valence-corrected chi connectivity index (χ2v) is 9.18. The van der Waals surface area contributed by atoms with E-state index >= 15 is 0 Å². The molecule has 0 saturated carbocycles. The maximum atomic E-state index is 13.8. The number of halogens is 1. The monoisotopic (exact) mass is 443 g/mol. The summed E-state index contributed by atoms with van der Waals surface area (Å²) in [7, 11) is 0. The molecule has 3 nitrogen and oxygen atoms in total. The Bertz CT molecular complexity index is 1170. The van der Waals surface area contributed by atoms with Crippen molar-refractivity contribution in [3.8, 4) is 0 Å². The number of anilines is 1. The van der Waals surface area contributed by atoms with E-state index in [1.54, 1.807) is 0 Å². The fourth-order valence-corrected chi connectivity index (χ4v) is 6.48. The molecule has 0 N–H and O–H groups in total. The third-order valence-corrected chi connectivity index (χ3v) is 7.81. The zero-order valence-corrected chi connectivity index (χ0v) is 17.4. The summed E-state index contributed by atoms with van der Waals surface area (Å²) in [4.78, 5) is 29.0. The summed E-state index contributed by atoms with van der Waals surface area (Å²) in [5.41, 5.74) is 4.85. The smallest absolute Gasteiger partial charge is 0.238 e. The third kappa shape index (κ3) is 1.93. The topological polar surface area (TPSA) is 37.4 Å². The molecular weight excluding hydrogens is 426 g/mol. The predicted octanol–water partition coefficient (Wildman–Crippen LogP) is 5.02. The lowest BCUT2D eigenvalue weighted by atomic mass is 9.48. The van der Waals surface area contributed by atoms with Crippen LogP contribution in [0.1, 0.15) is 35.1 Å². The molecule has 0 spiro atoms. The van der Waals surface area contributed by atoms with Crippen molar-refractivity contribution in [2.24, 2.45) is 11.8 Å². The second kappa shape index (κ2) is 5.67. The number of carbonyl (C=O) groups excluding carboxylic acids is 2. The highest BCUT2D eigenvalue weighted by molar-refractivity contribution is 9.10. The number of carbonyl (C=O) groups is 2. The van der Waals surface area contributed by atoms with Crippen LogP contribution in [0.4, 0.5) is 5.69 Å². The van der Waals surface area contributed by atoms with Crippen molar-refractivity contribution < 1.29 is 9.59 Å². The Morgan fingerprint density at radius 1 is 0.793 bits per heavy atom. The highest BCUT2D eigenvalue weighted by Gasteiger charge is 2.66. The molecule has 142 valence electrons. The van der Waals surface area contributed by atoms with Crippen molar-refractivity contribution in [3.05, 3.63) is 99.5 Å². The standard InChI is InChI=1S/C25H18BrNO2/c1-25-16-10-4-2-8-14(16)20(15-9-3-5-11-17(15)25)21-22(25)24(29)27(23(21)28)19-13-7-6-12-18(19)26/h2-13,20-22H,1H3/t20?,21-,22-,25?/m1/s1. The highest BCUT2D eigenvalue weighted by atomic mass is 79.9. The largest absolute Gasteiger partial charge is 0.274 e. The third-order valence-electron chi connectivity index (χ3n) is 7.14. The van der Waals surface area contributed by atoms with Crippen molar-refractivity contribution >= 4 is 33.4 Å². The van der Waals surface area contributed by atoms with E-state index in [4.69, 9.17) is 0 Å². The Balaban J connectivity index is 1.64. The molecule has 2 bridgehead atoms. The van der Waals surface area contributed by atoms with Gasteiger partial charge in [0.2, 0.25) is 11.8 Å². The van der Waals surface area contributed by atoms with E-state index < -0.39 is 11.3 Å². The summed E-state index contributed by atoms with van der Waals surface area (Å²) in [5.74, 6) is -1.03. The maximum absolute atomic E-state index is 13.8. The van der Waals surface area contributed by atoms with E-state index in [0.717, 1.165) is 4.47 Å². The van der Waals surface area contributed by atoms with Gasteiger partial charge in [-0.15, -0.1) is 0 Å². The summed E-state index contributed by atoms with van der Waals surface area (Å²) in [6.07, 6.45) is 0. The average Bonchev–Trinajstić information content (AvgIpc) is 3.01. The number of nitrogens with zero attached hydrogens (tertiary/aromatic N) is 1. The van der Waals surface area contributed by atoms with Gasteiger partial charge < -0.3 is 0 Å². The van der Waals surface area contributed by atoms with Gasteiger partial charge in [0.15, 0.2) is 0 Å². The van der Waals surface area contributed by atoms with Crippen molar-refractivity contribution in [2.45, 2.75) is 18.3 Å². The number of hydrogen-bond donors (Lipinski definition) is 0. The van der Waals surface area contributed by atoms with E-state index in [1.165, 1.54) is 27.2 Å². The fourth-order valence-electron chi connectivity index (χ4n) is 6.02. The Morgan fingerprint density at radius 2 is 1.34 bits per heavy atom. The molecule has 29 heavy (non-hydrogen) atoms. The van der Waals surface area contributed by atoms with Crippen molar-refractivity contribution in [2.75, 3.05) is 4.90 Å². The van der Waals surface area contributed by atoms with Crippen molar-refractivity contribution in [1.29, 1.82) is 0 Å². The van der Waals surface area contributed by atoms with Gasteiger partial charge in [0.25, 0.3) is 0 Å². The van der Waals surface area contributed by atoms with Gasteiger partial charge in [-0.1, -0.05) is 67.6 Å². The molecule has 3 aromatic carbocycles. The van der Waals surface area contributed by atoms with Crippen LogP contribution in [0.5, 0.6) is 0 Å². The molecule has 0 radical (unpaired) electrons. The van der Waals surface area contributed by atoms with E-state index in [0.29, 0.717) is 5.69 Å². The first-order valence-corrected chi connectivity index (χ1v) is 10.7. The lowest BCUT2D eigenvalue weighted by Gasteiger charge is -2.52. The molecule has 0 aromatic heterocycles. The molecule has 3 aromatic rings. The molecular formula is C25H18BrNO2. The molecule has 2 amide bonds. The quantitative estimate of drug-likeness (QED) is 0.495. The van der Waals surface area contributed by atoms with Gasteiger partial charge in [-0.3, -0.25) is 9.59 Å². The van der Waals surface area contributed by atoms with Gasteiger partial charge in [-0.2, -0.15) is 0 Å². The molecule has 1 aliphatic heterocycles. The van der Waals surface area contributed by atoms with Gasteiger partial charge >= 0.3 is 0 Å². The molecule has 7 rings (SSSR count). The lowest BCUT2D eigenvalue weighted by molar-refractivity contribution is -0.123. The molecule has 1 fully saturated rings. The van der Waals surface area contributed by atoms with E-state index in [1.807, 2.05) is 48.5 Å². The summed E-state index contributed by atoms with van der Waals surface area (Å²) >= 11 is 3.53. The predicted molar refractivity (Wildman–Crippen MR) is 115 cm³/mol. The number of hydrogen-bond acceptors (Lipinski definition) is 2. The van der Waals surface area contributed by atoms with Crippen LogP contribution in [-0.2, 0) is 15.0 Å². The number of imide groups is 1. The lowest BCUT2D eigenvalue weighted by Crippen LogP contribution is -2.51. The first-order chi connectivity index (χ1) is 14.0. The van der Waals surface area contributed by atoms with Gasteiger partial charge in [-0.25, -0.2) is 4.90 Å². The van der Waals surface area contributed by atoms with Gasteiger partial charge in [0.1, 0.15) is 0 Å². The van der Waals surface area contributed by atoms with Crippen LogP contribution in [0.2, 0.25) is 0 Å². The maximum Gasteiger partial charge on any atom is 0.238 e. The average molecular weight is 444 g/mol. The van der Waals surface area contributed by atoms with Crippen LogP contribution < -0.4 is 4.90 Å². The summed E-state index contributed by atoms with van der Waals surface area (Å²) < 4.78 is 0.757. The molecule has 1 heterocycles. The van der Waals surface area contributed by atoms with Crippen LogP contribution in [-0.4, -0.2) is 11.8 Å². The van der Waals surface area contributed by atoms with Gasteiger partial charge in [0.05, 0.1) is 17.5 Å². The molecule has 2 atom stereocenters. The number of rotatable bonds is 1.